The molecule has 1 unspecified atom stereocenters. The highest BCUT2D eigenvalue weighted by atomic mass is 32.2. The zero-order valence-electron chi connectivity index (χ0n) is 11.6. The number of fused-ring (bicyclic) bond motifs is 1. The summed E-state index contributed by atoms with van der Waals surface area (Å²) in [6, 6.07) is -1.01. The topological polar surface area (TPSA) is 104 Å². The van der Waals surface area contributed by atoms with Crippen molar-refractivity contribution in [3.05, 3.63) is 0 Å². The number of ketones is 1. The molecule has 110 valence electrons. The van der Waals surface area contributed by atoms with Crippen molar-refractivity contribution in [3.63, 3.8) is 0 Å². The number of rotatable bonds is 3. The largest absolute Gasteiger partial charge is 0.480 e. The number of carboxylic acids is 1. The van der Waals surface area contributed by atoms with Gasteiger partial charge in [-0.25, -0.2) is 4.79 Å². The van der Waals surface area contributed by atoms with E-state index in [1.165, 1.54) is 30.5 Å². The zero-order chi connectivity index (χ0) is 15.5. The first-order valence-corrected chi connectivity index (χ1v) is 6.97. The average molecular weight is 300 g/mol. The Labute approximate surface area is 120 Å². The fraction of sp³-hybridized carbons (Fsp3) is 0.667. The Bertz CT molecular complexity index is 532. The van der Waals surface area contributed by atoms with Gasteiger partial charge in [0.1, 0.15) is 11.4 Å². The standard InChI is InChI=1S/C12H16N2O5S/c1-5(15)12(13-6(2)16)9(19)14-7(8(17)18)11(3,4)20-10(12)14/h7,10H,1-4H3,(H,13,16)(H,17,18)/t7-,10+,12?/m0/s1. The minimum Gasteiger partial charge on any atom is -0.480 e. The lowest BCUT2D eigenvalue weighted by Gasteiger charge is -2.51. The molecule has 0 aromatic carbocycles. The molecule has 8 heteroatoms. The van der Waals surface area contributed by atoms with Crippen molar-refractivity contribution in [1.82, 2.24) is 10.2 Å². The highest BCUT2D eigenvalue weighted by molar-refractivity contribution is 8.01. The van der Waals surface area contributed by atoms with E-state index in [0.717, 1.165) is 0 Å². The second-order valence-electron chi connectivity index (χ2n) is 5.57. The first kappa shape index (κ1) is 14.8. The van der Waals surface area contributed by atoms with Crippen LogP contribution < -0.4 is 5.32 Å². The van der Waals surface area contributed by atoms with E-state index in [1.807, 2.05) is 0 Å². The molecular weight excluding hydrogens is 284 g/mol. The molecule has 2 fully saturated rings. The minimum atomic E-state index is -1.63. The molecule has 2 aliphatic heterocycles. The third kappa shape index (κ3) is 1.67. The summed E-state index contributed by atoms with van der Waals surface area (Å²) in [6.45, 7) is 5.87. The van der Waals surface area contributed by atoms with Crippen molar-refractivity contribution in [3.8, 4) is 0 Å². The summed E-state index contributed by atoms with van der Waals surface area (Å²) >= 11 is 1.22. The van der Waals surface area contributed by atoms with Gasteiger partial charge in [-0.3, -0.25) is 14.4 Å². The van der Waals surface area contributed by atoms with Crippen LogP contribution in [0.5, 0.6) is 0 Å². The minimum absolute atomic E-state index is 0.478. The normalized spacial score (nSPS) is 34.2. The number of nitrogens with zero attached hydrogens (tertiary/aromatic N) is 1. The molecule has 2 amide bonds. The number of aliphatic carboxylic acids is 1. The predicted octanol–water partition coefficient (Wildman–Crippen LogP) is -0.403. The molecule has 2 heterocycles. The van der Waals surface area contributed by atoms with E-state index in [0.29, 0.717) is 0 Å². The van der Waals surface area contributed by atoms with Crippen molar-refractivity contribution in [2.45, 2.75) is 49.4 Å². The second kappa shape index (κ2) is 4.21. The molecule has 7 nitrogen and oxygen atoms in total. The molecule has 2 rings (SSSR count). The van der Waals surface area contributed by atoms with Gasteiger partial charge in [-0.1, -0.05) is 0 Å². The summed E-state index contributed by atoms with van der Waals surface area (Å²) in [4.78, 5) is 48.1. The van der Waals surface area contributed by atoms with Crippen molar-refractivity contribution in [2.75, 3.05) is 0 Å². The molecule has 0 aliphatic carbocycles. The van der Waals surface area contributed by atoms with Gasteiger partial charge in [0.2, 0.25) is 11.4 Å². The number of nitrogens with one attached hydrogen (secondary N) is 1. The van der Waals surface area contributed by atoms with E-state index in [1.54, 1.807) is 13.8 Å². The Morgan fingerprint density at radius 1 is 1.30 bits per heavy atom. The number of amides is 2. The number of carbonyl (C=O) groups is 4. The summed E-state index contributed by atoms with van der Waals surface area (Å²) in [5.74, 6) is -2.73. The number of hydrogen-bond donors (Lipinski definition) is 2. The molecule has 0 aromatic heterocycles. The van der Waals surface area contributed by atoms with Crippen LogP contribution in [0.4, 0.5) is 0 Å². The van der Waals surface area contributed by atoms with Gasteiger partial charge in [-0.2, -0.15) is 0 Å². The summed E-state index contributed by atoms with van der Waals surface area (Å²) in [6.07, 6.45) is 0. The van der Waals surface area contributed by atoms with Crippen LogP contribution in [-0.4, -0.2) is 55.3 Å². The van der Waals surface area contributed by atoms with Gasteiger partial charge >= 0.3 is 5.97 Å². The summed E-state index contributed by atoms with van der Waals surface area (Å²) in [5.41, 5.74) is -1.63. The fourth-order valence-electron chi connectivity index (χ4n) is 2.86. The highest BCUT2D eigenvalue weighted by Crippen LogP contribution is 2.55. The van der Waals surface area contributed by atoms with Crippen LogP contribution in [0, 0.1) is 0 Å². The van der Waals surface area contributed by atoms with Gasteiger partial charge in [0.25, 0.3) is 5.91 Å². The molecule has 0 saturated carbocycles. The molecule has 0 aromatic rings. The Morgan fingerprint density at radius 2 is 1.85 bits per heavy atom. The maximum Gasteiger partial charge on any atom is 0.327 e. The summed E-state index contributed by atoms with van der Waals surface area (Å²) < 4.78 is -0.734. The van der Waals surface area contributed by atoms with Crippen LogP contribution in [0.25, 0.3) is 0 Å². The third-order valence-electron chi connectivity index (χ3n) is 3.71. The fourth-order valence-corrected chi connectivity index (χ4v) is 4.62. The van der Waals surface area contributed by atoms with Crippen LogP contribution >= 0.6 is 11.8 Å². The third-order valence-corrected chi connectivity index (χ3v) is 5.34. The second-order valence-corrected chi connectivity index (χ2v) is 7.31. The molecule has 0 bridgehead atoms. The van der Waals surface area contributed by atoms with Gasteiger partial charge in [0.05, 0.1) is 0 Å². The molecule has 20 heavy (non-hydrogen) atoms. The Morgan fingerprint density at radius 3 is 2.25 bits per heavy atom. The van der Waals surface area contributed by atoms with Crippen LogP contribution in [0.3, 0.4) is 0 Å². The lowest BCUT2D eigenvalue weighted by molar-refractivity contribution is -0.171. The molecular formula is C12H16N2O5S. The van der Waals surface area contributed by atoms with Crippen molar-refractivity contribution >= 4 is 35.3 Å². The van der Waals surface area contributed by atoms with Crippen molar-refractivity contribution in [1.29, 1.82) is 0 Å². The van der Waals surface area contributed by atoms with E-state index in [-0.39, 0.29) is 0 Å². The van der Waals surface area contributed by atoms with E-state index in [9.17, 15) is 24.3 Å². The quantitative estimate of drug-likeness (QED) is 0.543. The van der Waals surface area contributed by atoms with Crippen LogP contribution in [0.2, 0.25) is 0 Å². The van der Waals surface area contributed by atoms with E-state index in [4.69, 9.17) is 0 Å². The Hall–Kier alpha value is -1.57. The number of thioether (sulfide) groups is 1. The molecule has 0 spiro atoms. The van der Waals surface area contributed by atoms with Crippen molar-refractivity contribution in [2.24, 2.45) is 0 Å². The summed E-state index contributed by atoms with van der Waals surface area (Å²) in [7, 11) is 0. The first-order valence-electron chi connectivity index (χ1n) is 6.09. The number of carboxylic acid groups (broad SMARTS) is 1. The maximum atomic E-state index is 12.4. The lowest BCUT2D eigenvalue weighted by atomic mass is 9.81. The predicted molar refractivity (Wildman–Crippen MR) is 71.0 cm³/mol. The van der Waals surface area contributed by atoms with E-state index >= 15 is 0 Å². The van der Waals surface area contributed by atoms with Gasteiger partial charge in [-0.15, -0.1) is 11.8 Å². The lowest BCUT2D eigenvalue weighted by Crippen LogP contribution is -2.82. The molecule has 2 aliphatic rings. The van der Waals surface area contributed by atoms with Crippen LogP contribution in [0.15, 0.2) is 0 Å². The van der Waals surface area contributed by atoms with E-state index < -0.39 is 45.3 Å². The number of β-lactam (4-membered cyclic amide) rings is 1. The number of Topliss-reactive ketones (excluding diaryl/α,β-unsaturated/α-hetero) is 1. The average Bonchev–Trinajstić information content (AvgIpc) is 2.54. The smallest absolute Gasteiger partial charge is 0.327 e. The van der Waals surface area contributed by atoms with Gasteiger partial charge in [0.15, 0.2) is 5.78 Å². The van der Waals surface area contributed by atoms with Gasteiger partial charge in [0, 0.05) is 11.7 Å². The zero-order valence-corrected chi connectivity index (χ0v) is 12.4. The maximum absolute atomic E-state index is 12.4. The molecule has 2 N–H and O–H groups in total. The number of carbonyl (C=O) groups excluding carboxylic acids is 3. The summed E-state index contributed by atoms with van der Waals surface area (Å²) in [5, 5.41) is 11.0. The molecule has 0 radical (unpaired) electrons. The molecule has 2 saturated heterocycles. The highest BCUT2D eigenvalue weighted by Gasteiger charge is 2.74. The van der Waals surface area contributed by atoms with Gasteiger partial charge < -0.3 is 15.3 Å². The Balaban J connectivity index is 2.45. The van der Waals surface area contributed by atoms with Crippen LogP contribution in [-0.2, 0) is 19.2 Å². The van der Waals surface area contributed by atoms with Gasteiger partial charge in [-0.05, 0) is 20.8 Å². The first-order chi connectivity index (χ1) is 9.05. The van der Waals surface area contributed by atoms with Crippen molar-refractivity contribution < 1.29 is 24.3 Å². The van der Waals surface area contributed by atoms with E-state index in [2.05, 4.69) is 5.32 Å². The molecule has 3 atom stereocenters. The Kier molecular flexibility index (Phi) is 3.12. The monoisotopic (exact) mass is 300 g/mol. The SMILES string of the molecule is CC(=O)NC1(C(C)=O)C(=O)N2[C@@H](C(=O)O)C(C)(C)S[C@@H]21. The number of hydrogen-bond acceptors (Lipinski definition) is 5. The van der Waals surface area contributed by atoms with Crippen LogP contribution in [0.1, 0.15) is 27.7 Å².